The maximum absolute atomic E-state index is 11.8. The number of hydrogen-bond donors (Lipinski definition) is 0. The molecule has 1 rings (SSSR count). The van der Waals surface area contributed by atoms with Crippen LogP contribution >= 0.6 is 0 Å². The first-order valence-corrected chi connectivity index (χ1v) is 7.44. The zero-order valence-corrected chi connectivity index (χ0v) is 14.4. The fraction of sp³-hybridized carbons (Fsp3) is 0.562. The van der Waals surface area contributed by atoms with E-state index in [1.807, 2.05) is 13.8 Å². The van der Waals surface area contributed by atoms with Crippen molar-refractivity contribution in [3.8, 4) is 5.75 Å². The van der Waals surface area contributed by atoms with Crippen molar-refractivity contribution in [1.29, 1.82) is 0 Å². The number of non-ortho nitro benzene ring substituents is 1. The van der Waals surface area contributed by atoms with Gasteiger partial charge in [-0.15, -0.1) is 0 Å². The zero-order chi connectivity index (χ0) is 17.7. The molecule has 0 N–H and O–H groups in total. The summed E-state index contributed by atoms with van der Waals surface area (Å²) in [5.41, 5.74) is -0.695. The van der Waals surface area contributed by atoms with E-state index in [-0.39, 0.29) is 11.4 Å². The first-order valence-electron chi connectivity index (χ1n) is 7.44. The smallest absolute Gasteiger partial charge is 0.428 e. The Labute approximate surface area is 136 Å². The van der Waals surface area contributed by atoms with Crippen LogP contribution in [0.1, 0.15) is 26.7 Å². The third kappa shape index (κ3) is 7.60. The number of nitro groups is 1. The van der Waals surface area contributed by atoms with Crippen LogP contribution in [-0.4, -0.2) is 48.9 Å². The molecule has 0 aliphatic carbocycles. The number of carbonyl (C=O) groups excluding carboxylic acids is 1. The lowest BCUT2D eigenvalue weighted by molar-refractivity contribution is -0.870. The molecule has 23 heavy (non-hydrogen) atoms. The van der Waals surface area contributed by atoms with Crippen LogP contribution in [0.4, 0.5) is 10.5 Å². The van der Waals surface area contributed by atoms with Crippen molar-refractivity contribution in [3.63, 3.8) is 0 Å². The summed E-state index contributed by atoms with van der Waals surface area (Å²) < 4.78 is 11.2. The van der Waals surface area contributed by atoms with Crippen molar-refractivity contribution < 1.29 is 23.7 Å². The molecule has 0 fully saturated rings. The highest BCUT2D eigenvalue weighted by Gasteiger charge is 2.25. The lowest BCUT2D eigenvalue weighted by Gasteiger charge is -2.28. The van der Waals surface area contributed by atoms with Crippen molar-refractivity contribution >= 4 is 11.8 Å². The van der Waals surface area contributed by atoms with Crippen LogP contribution in [0.15, 0.2) is 24.3 Å². The van der Waals surface area contributed by atoms with Crippen LogP contribution in [-0.2, 0) is 4.74 Å². The van der Waals surface area contributed by atoms with E-state index in [4.69, 9.17) is 9.47 Å². The van der Waals surface area contributed by atoms with E-state index in [9.17, 15) is 14.9 Å². The van der Waals surface area contributed by atoms with E-state index in [0.717, 1.165) is 23.9 Å². The monoisotopic (exact) mass is 325 g/mol. The van der Waals surface area contributed by atoms with E-state index >= 15 is 0 Å². The summed E-state index contributed by atoms with van der Waals surface area (Å²) in [6, 6.07) is 5.27. The molecule has 1 aromatic rings. The average molecular weight is 325 g/mol. The van der Waals surface area contributed by atoms with Gasteiger partial charge in [-0.05, 0) is 32.4 Å². The van der Waals surface area contributed by atoms with Gasteiger partial charge in [0.25, 0.3) is 5.69 Å². The molecular formula is C16H25N2O5+. The Kier molecular flexibility index (Phi) is 6.09. The third-order valence-electron chi connectivity index (χ3n) is 3.22. The van der Waals surface area contributed by atoms with Crippen molar-refractivity contribution in [2.24, 2.45) is 0 Å². The normalized spacial score (nSPS) is 11.9. The van der Waals surface area contributed by atoms with Crippen LogP contribution in [0.2, 0.25) is 0 Å². The summed E-state index contributed by atoms with van der Waals surface area (Å²) >= 11 is 0. The summed E-state index contributed by atoms with van der Waals surface area (Å²) in [5.74, 6) is 0.211. The highest BCUT2D eigenvalue weighted by atomic mass is 16.7. The first kappa shape index (κ1) is 18.9. The molecule has 0 radical (unpaired) electrons. The van der Waals surface area contributed by atoms with Crippen molar-refractivity contribution in [2.45, 2.75) is 32.3 Å². The zero-order valence-electron chi connectivity index (χ0n) is 14.4. The Bertz CT molecular complexity index is 547. The molecule has 0 aliphatic heterocycles. The predicted octanol–water partition coefficient (Wildman–Crippen LogP) is 3.38. The van der Waals surface area contributed by atoms with Gasteiger partial charge in [0.1, 0.15) is 11.4 Å². The van der Waals surface area contributed by atoms with E-state index in [1.54, 1.807) is 0 Å². The van der Waals surface area contributed by atoms with Crippen molar-refractivity contribution in [3.05, 3.63) is 34.4 Å². The number of ether oxygens (including phenoxy) is 2. The lowest BCUT2D eigenvalue weighted by atomic mass is 10.0. The van der Waals surface area contributed by atoms with E-state index in [0.29, 0.717) is 0 Å². The maximum Gasteiger partial charge on any atom is 0.514 e. The molecule has 0 bridgehead atoms. The Morgan fingerprint density at radius 1 is 1.22 bits per heavy atom. The molecule has 128 valence electrons. The van der Waals surface area contributed by atoms with Gasteiger partial charge in [0.15, 0.2) is 0 Å². The second kappa shape index (κ2) is 7.41. The van der Waals surface area contributed by atoms with Gasteiger partial charge in [-0.3, -0.25) is 10.1 Å². The minimum absolute atomic E-state index is 0.0636. The Hall–Kier alpha value is -2.15. The summed E-state index contributed by atoms with van der Waals surface area (Å²) in [6.07, 6.45) is 0.827. The Morgan fingerprint density at radius 3 is 2.26 bits per heavy atom. The second-order valence-electron chi connectivity index (χ2n) is 7.08. The number of carbonyl (C=O) groups is 1. The SMILES string of the molecule is CC(C)(CCC[N+](C)(C)C)OC(=O)Oc1ccc([N+](=O)[O-])cc1. The Balaban J connectivity index is 2.49. The fourth-order valence-corrected chi connectivity index (χ4v) is 2.01. The largest absolute Gasteiger partial charge is 0.514 e. The van der Waals surface area contributed by atoms with Crippen molar-refractivity contribution in [2.75, 3.05) is 27.7 Å². The number of hydrogen-bond acceptors (Lipinski definition) is 5. The predicted molar refractivity (Wildman–Crippen MR) is 86.4 cm³/mol. The molecule has 0 saturated carbocycles. The minimum Gasteiger partial charge on any atom is -0.428 e. The topological polar surface area (TPSA) is 78.7 Å². The Morgan fingerprint density at radius 2 is 1.78 bits per heavy atom. The molecule has 0 aromatic heterocycles. The number of rotatable bonds is 7. The average Bonchev–Trinajstić information content (AvgIpc) is 2.36. The first-order chi connectivity index (χ1) is 10.5. The standard InChI is InChI=1S/C16H25N2O5/c1-16(2,11-6-12-18(3,4)5)23-15(19)22-14-9-7-13(8-10-14)17(20)21/h7-10H,6,11-12H2,1-5H3/q+1. The number of benzene rings is 1. The molecule has 0 aliphatic rings. The van der Waals surface area contributed by atoms with Crippen LogP contribution in [0, 0.1) is 10.1 Å². The van der Waals surface area contributed by atoms with Gasteiger partial charge in [0, 0.05) is 18.6 Å². The minimum atomic E-state index is -0.811. The molecule has 0 heterocycles. The molecule has 0 atom stereocenters. The highest BCUT2D eigenvalue weighted by Crippen LogP contribution is 2.21. The van der Waals surface area contributed by atoms with Gasteiger partial charge >= 0.3 is 6.16 Å². The van der Waals surface area contributed by atoms with E-state index in [2.05, 4.69) is 21.1 Å². The van der Waals surface area contributed by atoms with E-state index < -0.39 is 16.7 Å². The number of nitro benzene ring substituents is 1. The van der Waals surface area contributed by atoms with Crippen LogP contribution in [0.3, 0.4) is 0 Å². The molecule has 0 unspecified atom stereocenters. The quantitative estimate of drug-likeness (QED) is 0.252. The maximum atomic E-state index is 11.8. The fourth-order valence-electron chi connectivity index (χ4n) is 2.01. The molecular weight excluding hydrogens is 300 g/mol. The third-order valence-corrected chi connectivity index (χ3v) is 3.22. The second-order valence-corrected chi connectivity index (χ2v) is 7.08. The van der Waals surface area contributed by atoms with Gasteiger partial charge in [-0.25, -0.2) is 4.79 Å². The van der Waals surface area contributed by atoms with Gasteiger partial charge in [0.2, 0.25) is 0 Å². The highest BCUT2D eigenvalue weighted by molar-refractivity contribution is 5.64. The van der Waals surface area contributed by atoms with Crippen LogP contribution in [0.5, 0.6) is 5.75 Å². The van der Waals surface area contributed by atoms with Gasteiger partial charge in [-0.2, -0.15) is 0 Å². The molecule has 7 nitrogen and oxygen atoms in total. The molecule has 7 heteroatoms. The summed E-state index contributed by atoms with van der Waals surface area (Å²) in [4.78, 5) is 21.9. The van der Waals surface area contributed by atoms with Crippen LogP contribution in [0.25, 0.3) is 0 Å². The summed E-state index contributed by atoms with van der Waals surface area (Å²) in [6.45, 7) is 4.64. The number of quaternary nitrogens is 1. The van der Waals surface area contributed by atoms with Crippen molar-refractivity contribution in [1.82, 2.24) is 0 Å². The van der Waals surface area contributed by atoms with Gasteiger partial charge in [0.05, 0.1) is 32.6 Å². The van der Waals surface area contributed by atoms with Crippen LogP contribution < -0.4 is 4.74 Å². The lowest BCUT2D eigenvalue weighted by Crippen LogP contribution is -2.37. The number of nitrogens with zero attached hydrogens (tertiary/aromatic N) is 2. The summed E-state index contributed by atoms with van der Waals surface area (Å²) in [7, 11) is 6.32. The molecule has 0 saturated heterocycles. The summed E-state index contributed by atoms with van der Waals surface area (Å²) in [5, 5.41) is 10.6. The molecule has 1 aromatic carbocycles. The van der Waals surface area contributed by atoms with E-state index in [1.165, 1.54) is 24.3 Å². The van der Waals surface area contributed by atoms with Gasteiger partial charge in [-0.1, -0.05) is 0 Å². The molecule has 0 amide bonds. The van der Waals surface area contributed by atoms with Gasteiger partial charge < -0.3 is 14.0 Å². The molecule has 0 spiro atoms.